The summed E-state index contributed by atoms with van der Waals surface area (Å²) in [6.45, 7) is 0. The quantitative estimate of drug-likeness (QED) is 0.521. The van der Waals surface area contributed by atoms with E-state index in [1.165, 1.54) is 18.6 Å². The molecule has 2 N–H and O–H groups in total. The molecule has 0 aliphatic heterocycles. The van der Waals surface area contributed by atoms with E-state index in [0.717, 1.165) is 0 Å². The van der Waals surface area contributed by atoms with Gasteiger partial charge in [0.25, 0.3) is 0 Å². The van der Waals surface area contributed by atoms with Gasteiger partial charge in [-0.25, -0.2) is 4.98 Å². The monoisotopic (exact) mass is 113 g/mol. The van der Waals surface area contributed by atoms with Gasteiger partial charge in [0.1, 0.15) is 0 Å². The average Bonchev–Trinajstić information content (AvgIpc) is 1.90. The number of hydrogen-bond donors (Lipinski definition) is 2. The van der Waals surface area contributed by atoms with Crippen molar-refractivity contribution in [2.24, 2.45) is 0 Å². The van der Waals surface area contributed by atoms with Gasteiger partial charge in [0, 0.05) is 13.8 Å². The third kappa shape index (κ3) is 0.913. The highest BCUT2D eigenvalue weighted by Gasteiger charge is 1.82. The number of nitrogens with one attached hydrogen (secondary N) is 1. The highest BCUT2D eigenvalue weighted by Crippen LogP contribution is 1.91. The maximum atomic E-state index is 8.19. The largest absolute Gasteiger partial charge is 0.290 e. The van der Waals surface area contributed by atoms with Crippen LogP contribution in [-0.4, -0.2) is 15.2 Å². The van der Waals surface area contributed by atoms with E-state index in [4.69, 9.17) is 5.21 Å². The third-order valence-electron chi connectivity index (χ3n) is 0.678. The molecule has 0 spiro atoms. The summed E-state index contributed by atoms with van der Waals surface area (Å²) in [4.78, 5) is 7.34. The van der Waals surface area contributed by atoms with Gasteiger partial charge in [-0.05, 0) is 0 Å². The number of hydrogen-bond acceptors (Lipinski definition) is 4. The minimum absolute atomic E-state index is 0. The van der Waals surface area contributed by atoms with Crippen LogP contribution in [0, 0.1) is 0 Å². The van der Waals surface area contributed by atoms with Crippen molar-refractivity contribution in [3.05, 3.63) is 18.6 Å². The Bertz CT molecular complexity index is 157. The van der Waals surface area contributed by atoms with E-state index >= 15 is 0 Å². The van der Waals surface area contributed by atoms with Crippen molar-refractivity contribution in [2.75, 3.05) is 5.48 Å². The lowest BCUT2D eigenvalue weighted by Gasteiger charge is -1.90. The SMILES string of the molecule is ONc1cnccn1.[HH]. The van der Waals surface area contributed by atoms with Crippen LogP contribution in [0.15, 0.2) is 18.6 Å². The molecule has 0 unspecified atom stereocenters. The fraction of sp³-hybridized carbons (Fsp3) is 0. The van der Waals surface area contributed by atoms with Crippen molar-refractivity contribution in [3.63, 3.8) is 0 Å². The van der Waals surface area contributed by atoms with E-state index in [9.17, 15) is 0 Å². The first-order chi connectivity index (χ1) is 3.93. The maximum absolute atomic E-state index is 8.19. The highest BCUT2D eigenvalue weighted by molar-refractivity contribution is 5.25. The van der Waals surface area contributed by atoms with Gasteiger partial charge in [-0.1, -0.05) is 0 Å². The Labute approximate surface area is 47.7 Å². The van der Waals surface area contributed by atoms with Crippen molar-refractivity contribution in [2.45, 2.75) is 0 Å². The molecule has 0 aromatic carbocycles. The minimum atomic E-state index is 0. The van der Waals surface area contributed by atoms with E-state index in [1.54, 1.807) is 0 Å². The van der Waals surface area contributed by atoms with Crippen molar-refractivity contribution in [3.8, 4) is 0 Å². The van der Waals surface area contributed by atoms with Crippen LogP contribution in [0.5, 0.6) is 0 Å². The Hall–Kier alpha value is -1.16. The Kier molecular flexibility index (Phi) is 1.39. The summed E-state index contributed by atoms with van der Waals surface area (Å²) >= 11 is 0. The van der Waals surface area contributed by atoms with E-state index in [-0.39, 0.29) is 1.43 Å². The molecule has 8 heavy (non-hydrogen) atoms. The van der Waals surface area contributed by atoms with Crippen LogP contribution in [0.1, 0.15) is 1.43 Å². The van der Waals surface area contributed by atoms with E-state index in [1.807, 2.05) is 5.48 Å². The fourth-order valence-corrected chi connectivity index (χ4v) is 0.357. The van der Waals surface area contributed by atoms with Gasteiger partial charge in [0.2, 0.25) is 0 Å². The maximum Gasteiger partial charge on any atom is 0.168 e. The molecule has 0 saturated heterocycles. The zero-order chi connectivity index (χ0) is 5.82. The second kappa shape index (κ2) is 2.23. The van der Waals surface area contributed by atoms with Crippen LogP contribution >= 0.6 is 0 Å². The Morgan fingerprint density at radius 2 is 2.50 bits per heavy atom. The summed E-state index contributed by atoms with van der Waals surface area (Å²) in [5, 5.41) is 8.19. The van der Waals surface area contributed by atoms with Crippen LogP contribution in [0.2, 0.25) is 0 Å². The van der Waals surface area contributed by atoms with Crippen molar-refractivity contribution < 1.29 is 6.63 Å². The molecule has 0 atom stereocenters. The lowest BCUT2D eigenvalue weighted by atomic mass is 10.7. The topological polar surface area (TPSA) is 58.0 Å². The van der Waals surface area contributed by atoms with Crippen LogP contribution in [-0.2, 0) is 0 Å². The minimum Gasteiger partial charge on any atom is -0.290 e. The normalized spacial score (nSPS) is 8.62. The molecule has 1 heterocycles. The average molecular weight is 113 g/mol. The Morgan fingerprint density at radius 1 is 1.62 bits per heavy atom. The lowest BCUT2D eigenvalue weighted by Crippen LogP contribution is -1.91. The Morgan fingerprint density at radius 3 is 2.88 bits per heavy atom. The van der Waals surface area contributed by atoms with Gasteiger partial charge in [0.05, 0.1) is 6.20 Å². The summed E-state index contributed by atoms with van der Waals surface area (Å²) in [7, 11) is 0. The Balaban J connectivity index is 0.000000640. The van der Waals surface area contributed by atoms with Crippen LogP contribution in [0.25, 0.3) is 0 Å². The molecule has 1 rings (SSSR count). The highest BCUT2D eigenvalue weighted by atomic mass is 16.5. The van der Waals surface area contributed by atoms with Crippen LogP contribution in [0.3, 0.4) is 0 Å². The van der Waals surface area contributed by atoms with Gasteiger partial charge in [-0.15, -0.1) is 0 Å². The fourth-order valence-electron chi connectivity index (χ4n) is 0.357. The van der Waals surface area contributed by atoms with Crippen molar-refractivity contribution >= 4 is 5.82 Å². The first-order valence-corrected chi connectivity index (χ1v) is 2.09. The molecule has 44 valence electrons. The molecular formula is C4H7N3O. The summed E-state index contributed by atoms with van der Waals surface area (Å²) in [6.07, 6.45) is 4.43. The summed E-state index contributed by atoms with van der Waals surface area (Å²) in [5.41, 5.74) is 1.85. The molecule has 0 amide bonds. The number of aromatic nitrogens is 2. The molecule has 4 heteroatoms. The zero-order valence-electron chi connectivity index (χ0n) is 4.07. The van der Waals surface area contributed by atoms with Crippen LogP contribution < -0.4 is 5.48 Å². The van der Waals surface area contributed by atoms with E-state index in [0.29, 0.717) is 5.82 Å². The molecule has 0 radical (unpaired) electrons. The molecule has 1 aromatic heterocycles. The predicted octanol–water partition coefficient (Wildman–Crippen LogP) is 0.524. The molecule has 0 aliphatic rings. The number of nitrogens with zero attached hydrogens (tertiary/aromatic N) is 2. The summed E-state index contributed by atoms with van der Waals surface area (Å²) < 4.78 is 0. The zero-order valence-corrected chi connectivity index (χ0v) is 4.07. The van der Waals surface area contributed by atoms with Gasteiger partial charge in [0.15, 0.2) is 5.82 Å². The van der Waals surface area contributed by atoms with Crippen molar-refractivity contribution in [1.29, 1.82) is 0 Å². The standard InChI is InChI=1S/C4H5N3O.H2/c8-7-4-3-5-1-2-6-4;/h1-3,8H,(H,6,7);1H. The van der Waals surface area contributed by atoms with Gasteiger partial charge in [-0.2, -0.15) is 0 Å². The molecule has 0 aliphatic carbocycles. The molecule has 0 bridgehead atoms. The van der Waals surface area contributed by atoms with Gasteiger partial charge < -0.3 is 0 Å². The second-order valence-corrected chi connectivity index (χ2v) is 1.20. The van der Waals surface area contributed by atoms with Gasteiger partial charge >= 0.3 is 0 Å². The molecule has 1 aromatic rings. The van der Waals surface area contributed by atoms with Crippen molar-refractivity contribution in [1.82, 2.24) is 9.97 Å². The molecular weight excluding hydrogens is 106 g/mol. The smallest absolute Gasteiger partial charge is 0.168 e. The first-order valence-electron chi connectivity index (χ1n) is 2.09. The van der Waals surface area contributed by atoms with Crippen LogP contribution in [0.4, 0.5) is 5.82 Å². The van der Waals surface area contributed by atoms with Gasteiger partial charge in [-0.3, -0.25) is 15.7 Å². The molecule has 0 saturated carbocycles. The molecule has 0 fully saturated rings. The lowest BCUT2D eigenvalue weighted by molar-refractivity contribution is 0.385. The number of anilines is 1. The second-order valence-electron chi connectivity index (χ2n) is 1.20. The van der Waals surface area contributed by atoms with E-state index in [2.05, 4.69) is 9.97 Å². The molecule has 4 nitrogen and oxygen atoms in total. The van der Waals surface area contributed by atoms with E-state index < -0.39 is 0 Å². The number of rotatable bonds is 1. The summed E-state index contributed by atoms with van der Waals surface area (Å²) in [6, 6.07) is 0. The summed E-state index contributed by atoms with van der Waals surface area (Å²) in [5.74, 6) is 0.354. The third-order valence-corrected chi connectivity index (χ3v) is 0.678. The predicted molar refractivity (Wildman–Crippen MR) is 29.6 cm³/mol. The first kappa shape index (κ1) is 4.99.